The Labute approximate surface area is 162 Å². The van der Waals surface area contributed by atoms with Crippen LogP contribution in [0.15, 0.2) is 39.3 Å². The SMILES string of the molecule is Cc1ccc2oc(C(=O)N3CCN(CC(=O)Nc4cc(C)on4)CC3)cc2c1. The summed E-state index contributed by atoms with van der Waals surface area (Å²) in [5, 5.41) is 7.39. The molecule has 3 heterocycles. The summed E-state index contributed by atoms with van der Waals surface area (Å²) in [6.45, 7) is 6.36. The summed E-state index contributed by atoms with van der Waals surface area (Å²) < 4.78 is 10.6. The molecule has 1 aliphatic rings. The first-order chi connectivity index (χ1) is 13.5. The number of aryl methyl sites for hydroxylation is 2. The first-order valence-corrected chi connectivity index (χ1v) is 9.23. The van der Waals surface area contributed by atoms with Gasteiger partial charge in [-0.05, 0) is 32.0 Å². The van der Waals surface area contributed by atoms with Crippen molar-refractivity contribution in [1.82, 2.24) is 15.0 Å². The first-order valence-electron chi connectivity index (χ1n) is 9.23. The third-order valence-corrected chi connectivity index (χ3v) is 4.80. The number of rotatable bonds is 4. The average Bonchev–Trinajstić information content (AvgIpc) is 3.27. The fourth-order valence-corrected chi connectivity index (χ4v) is 3.34. The number of hydrogen-bond acceptors (Lipinski definition) is 6. The summed E-state index contributed by atoms with van der Waals surface area (Å²) in [5.41, 5.74) is 1.84. The van der Waals surface area contributed by atoms with E-state index in [-0.39, 0.29) is 18.4 Å². The molecule has 0 bridgehead atoms. The summed E-state index contributed by atoms with van der Waals surface area (Å²) >= 11 is 0. The minimum atomic E-state index is -0.152. The van der Waals surface area contributed by atoms with Crippen molar-refractivity contribution in [2.45, 2.75) is 13.8 Å². The standard InChI is InChI=1S/C20H22N4O4/c1-13-3-4-16-15(9-13)11-17(27-16)20(26)24-7-5-23(6-8-24)12-19(25)21-18-10-14(2)28-22-18/h3-4,9-11H,5-8,12H2,1-2H3,(H,21,22,25). The number of nitrogens with one attached hydrogen (secondary N) is 1. The van der Waals surface area contributed by atoms with Crippen molar-refractivity contribution in [2.24, 2.45) is 0 Å². The van der Waals surface area contributed by atoms with E-state index in [4.69, 9.17) is 8.94 Å². The fraction of sp³-hybridized carbons (Fsp3) is 0.350. The average molecular weight is 382 g/mol. The molecule has 0 unspecified atom stereocenters. The predicted octanol–water partition coefficient (Wildman–Crippen LogP) is 2.43. The topological polar surface area (TPSA) is 91.8 Å². The Morgan fingerprint density at radius 2 is 1.89 bits per heavy atom. The van der Waals surface area contributed by atoms with Crippen LogP contribution in [0.25, 0.3) is 11.0 Å². The van der Waals surface area contributed by atoms with Gasteiger partial charge in [-0.15, -0.1) is 0 Å². The monoisotopic (exact) mass is 382 g/mol. The maximum atomic E-state index is 12.7. The molecule has 2 amide bonds. The fourth-order valence-electron chi connectivity index (χ4n) is 3.34. The van der Waals surface area contributed by atoms with Crippen LogP contribution in [-0.2, 0) is 4.79 Å². The molecule has 3 aromatic rings. The second-order valence-electron chi connectivity index (χ2n) is 7.09. The van der Waals surface area contributed by atoms with Gasteiger partial charge in [0.1, 0.15) is 11.3 Å². The summed E-state index contributed by atoms with van der Waals surface area (Å²) in [6, 6.07) is 9.31. The number of carbonyl (C=O) groups is 2. The maximum absolute atomic E-state index is 12.7. The molecule has 0 saturated carbocycles. The highest BCUT2D eigenvalue weighted by atomic mass is 16.5. The van der Waals surface area contributed by atoms with Crippen molar-refractivity contribution in [3.8, 4) is 0 Å². The Kier molecular flexibility index (Phi) is 4.87. The van der Waals surface area contributed by atoms with Crippen LogP contribution in [-0.4, -0.2) is 59.5 Å². The van der Waals surface area contributed by atoms with Gasteiger partial charge in [-0.3, -0.25) is 14.5 Å². The molecule has 1 aliphatic heterocycles. The van der Waals surface area contributed by atoms with Gasteiger partial charge in [-0.1, -0.05) is 16.8 Å². The summed E-state index contributed by atoms with van der Waals surface area (Å²) in [5.74, 6) is 1.14. The van der Waals surface area contributed by atoms with Crippen LogP contribution >= 0.6 is 0 Å². The Hall–Kier alpha value is -3.13. The molecule has 4 rings (SSSR count). The van der Waals surface area contributed by atoms with Crippen molar-refractivity contribution in [3.05, 3.63) is 47.4 Å². The molecular weight excluding hydrogens is 360 g/mol. The van der Waals surface area contributed by atoms with Crippen LogP contribution in [0.5, 0.6) is 0 Å². The van der Waals surface area contributed by atoms with E-state index >= 15 is 0 Å². The van der Waals surface area contributed by atoms with Crippen LogP contribution in [0.4, 0.5) is 5.82 Å². The minimum Gasteiger partial charge on any atom is -0.451 e. The molecule has 0 atom stereocenters. The zero-order valence-corrected chi connectivity index (χ0v) is 15.9. The van der Waals surface area contributed by atoms with Gasteiger partial charge in [0.05, 0.1) is 6.54 Å². The molecule has 146 valence electrons. The molecule has 2 aromatic heterocycles. The van der Waals surface area contributed by atoms with Crippen LogP contribution in [0.1, 0.15) is 21.9 Å². The van der Waals surface area contributed by atoms with Crippen LogP contribution in [0, 0.1) is 13.8 Å². The lowest BCUT2D eigenvalue weighted by Crippen LogP contribution is -2.50. The van der Waals surface area contributed by atoms with Gasteiger partial charge in [-0.2, -0.15) is 0 Å². The Bertz CT molecular complexity index is 1010. The highest BCUT2D eigenvalue weighted by molar-refractivity contribution is 5.96. The van der Waals surface area contributed by atoms with Gasteiger partial charge in [-0.25, -0.2) is 0 Å². The molecule has 1 saturated heterocycles. The second kappa shape index (κ2) is 7.47. The van der Waals surface area contributed by atoms with Crippen molar-refractivity contribution >= 4 is 28.6 Å². The molecule has 8 heteroatoms. The largest absolute Gasteiger partial charge is 0.451 e. The lowest BCUT2D eigenvalue weighted by Gasteiger charge is -2.33. The molecule has 0 radical (unpaired) electrons. The minimum absolute atomic E-state index is 0.115. The smallest absolute Gasteiger partial charge is 0.289 e. The van der Waals surface area contributed by atoms with Crippen molar-refractivity contribution < 1.29 is 18.5 Å². The normalized spacial score (nSPS) is 15.1. The quantitative estimate of drug-likeness (QED) is 0.745. The van der Waals surface area contributed by atoms with Gasteiger partial charge in [0.25, 0.3) is 5.91 Å². The van der Waals surface area contributed by atoms with E-state index < -0.39 is 0 Å². The van der Waals surface area contributed by atoms with Gasteiger partial charge in [0.2, 0.25) is 5.91 Å². The van der Waals surface area contributed by atoms with E-state index in [1.54, 1.807) is 24.0 Å². The highest BCUT2D eigenvalue weighted by Crippen LogP contribution is 2.22. The Morgan fingerprint density at radius 1 is 1.11 bits per heavy atom. The highest BCUT2D eigenvalue weighted by Gasteiger charge is 2.25. The number of hydrogen-bond donors (Lipinski definition) is 1. The van der Waals surface area contributed by atoms with Gasteiger partial charge >= 0.3 is 0 Å². The zero-order valence-electron chi connectivity index (χ0n) is 15.9. The van der Waals surface area contributed by atoms with E-state index in [0.29, 0.717) is 49.1 Å². The molecule has 28 heavy (non-hydrogen) atoms. The summed E-state index contributed by atoms with van der Waals surface area (Å²) in [7, 11) is 0. The number of carbonyl (C=O) groups excluding carboxylic acids is 2. The third-order valence-electron chi connectivity index (χ3n) is 4.80. The lowest BCUT2D eigenvalue weighted by molar-refractivity contribution is -0.117. The maximum Gasteiger partial charge on any atom is 0.289 e. The Morgan fingerprint density at radius 3 is 2.61 bits per heavy atom. The number of furan rings is 1. The molecule has 1 fully saturated rings. The molecule has 0 aliphatic carbocycles. The van der Waals surface area contributed by atoms with Gasteiger partial charge in [0, 0.05) is 37.6 Å². The van der Waals surface area contributed by atoms with E-state index in [2.05, 4.69) is 10.5 Å². The number of anilines is 1. The number of piperazine rings is 1. The van der Waals surface area contributed by atoms with E-state index in [1.807, 2.05) is 30.0 Å². The van der Waals surface area contributed by atoms with Gasteiger partial charge in [0.15, 0.2) is 11.6 Å². The Balaban J connectivity index is 1.31. The van der Waals surface area contributed by atoms with Crippen molar-refractivity contribution in [1.29, 1.82) is 0 Å². The van der Waals surface area contributed by atoms with Crippen LogP contribution < -0.4 is 5.32 Å². The molecule has 0 spiro atoms. The van der Waals surface area contributed by atoms with E-state index in [1.165, 1.54) is 0 Å². The first kappa shape index (κ1) is 18.2. The number of amides is 2. The number of aromatic nitrogens is 1. The predicted molar refractivity (Wildman–Crippen MR) is 103 cm³/mol. The summed E-state index contributed by atoms with van der Waals surface area (Å²) in [6.07, 6.45) is 0. The van der Waals surface area contributed by atoms with Crippen LogP contribution in [0.2, 0.25) is 0 Å². The van der Waals surface area contributed by atoms with Crippen molar-refractivity contribution in [3.63, 3.8) is 0 Å². The molecule has 1 N–H and O–H groups in total. The number of fused-ring (bicyclic) bond motifs is 1. The lowest BCUT2D eigenvalue weighted by atomic mass is 10.2. The molecular formula is C20H22N4O4. The van der Waals surface area contributed by atoms with E-state index in [0.717, 1.165) is 10.9 Å². The van der Waals surface area contributed by atoms with Gasteiger partial charge < -0.3 is 19.2 Å². The number of benzene rings is 1. The zero-order chi connectivity index (χ0) is 19.7. The number of nitrogens with zero attached hydrogens (tertiary/aromatic N) is 3. The molecule has 1 aromatic carbocycles. The summed E-state index contributed by atoms with van der Waals surface area (Å²) in [4.78, 5) is 28.6. The van der Waals surface area contributed by atoms with Crippen molar-refractivity contribution in [2.75, 3.05) is 38.0 Å². The third kappa shape index (κ3) is 3.91. The van der Waals surface area contributed by atoms with E-state index in [9.17, 15) is 9.59 Å². The molecule has 8 nitrogen and oxygen atoms in total. The van der Waals surface area contributed by atoms with Crippen LogP contribution in [0.3, 0.4) is 0 Å². The second-order valence-corrected chi connectivity index (χ2v) is 7.09.